The van der Waals surface area contributed by atoms with Crippen molar-refractivity contribution in [1.29, 1.82) is 0 Å². The minimum atomic E-state index is -0.466. The summed E-state index contributed by atoms with van der Waals surface area (Å²) in [7, 11) is 1.77. The van der Waals surface area contributed by atoms with Gasteiger partial charge in [-0.3, -0.25) is 14.9 Å². The van der Waals surface area contributed by atoms with E-state index in [0.29, 0.717) is 4.88 Å². The molecule has 106 valence electrons. The van der Waals surface area contributed by atoms with Gasteiger partial charge in [-0.25, -0.2) is 0 Å². The number of rotatable bonds is 3. The first-order chi connectivity index (χ1) is 8.59. The largest absolute Gasteiger partial charge is 0.338 e. The average Bonchev–Trinajstić information content (AvgIpc) is 2.88. The molecular formula is C11H16ClN3O3S. The lowest BCUT2D eigenvalue weighted by Gasteiger charge is -2.31. The number of nitrogens with zero attached hydrogens (tertiary/aromatic N) is 2. The number of halogens is 1. The predicted molar refractivity (Wildman–Crippen MR) is 76.2 cm³/mol. The first-order valence-corrected chi connectivity index (χ1v) is 6.63. The summed E-state index contributed by atoms with van der Waals surface area (Å²) >= 11 is 0.936. The topological polar surface area (TPSA) is 75.5 Å². The van der Waals surface area contributed by atoms with E-state index < -0.39 is 4.92 Å². The molecule has 1 amide bonds. The summed E-state index contributed by atoms with van der Waals surface area (Å²) in [5.41, 5.74) is 0. The molecule has 1 aliphatic rings. The minimum Gasteiger partial charge on any atom is -0.338 e. The molecule has 8 heteroatoms. The zero-order valence-electron chi connectivity index (χ0n) is 10.5. The molecule has 0 aromatic carbocycles. The standard InChI is InChI=1S/C11H15N3O3S.ClH/c1-13(8-4-6-12-7-5-8)11(15)9-2-3-10(18-9)14(16)17;/h2-3,8,12H,4-7H2,1H3;1H. The van der Waals surface area contributed by atoms with Crippen LogP contribution in [0.5, 0.6) is 0 Å². The molecule has 0 radical (unpaired) electrons. The molecule has 1 aliphatic heterocycles. The second kappa shape index (κ2) is 6.83. The van der Waals surface area contributed by atoms with E-state index in [9.17, 15) is 14.9 Å². The fourth-order valence-corrected chi connectivity index (χ4v) is 2.88. The molecule has 1 N–H and O–H groups in total. The van der Waals surface area contributed by atoms with Crippen LogP contribution in [0.3, 0.4) is 0 Å². The highest BCUT2D eigenvalue weighted by Crippen LogP contribution is 2.26. The van der Waals surface area contributed by atoms with Crippen molar-refractivity contribution in [2.45, 2.75) is 18.9 Å². The Balaban J connectivity index is 0.00000180. The Labute approximate surface area is 121 Å². The van der Waals surface area contributed by atoms with Gasteiger partial charge in [0.2, 0.25) is 0 Å². The summed E-state index contributed by atoms with van der Waals surface area (Å²) in [6.07, 6.45) is 1.85. The first kappa shape index (κ1) is 15.9. The minimum absolute atomic E-state index is 0. The molecule has 0 spiro atoms. The molecule has 1 saturated heterocycles. The molecule has 1 aromatic rings. The molecule has 0 aliphatic carbocycles. The van der Waals surface area contributed by atoms with Crippen LogP contribution in [0.1, 0.15) is 22.5 Å². The van der Waals surface area contributed by atoms with Crippen LogP contribution < -0.4 is 5.32 Å². The van der Waals surface area contributed by atoms with E-state index in [1.165, 1.54) is 12.1 Å². The van der Waals surface area contributed by atoms with Crippen LogP contribution in [0.15, 0.2) is 12.1 Å². The zero-order valence-corrected chi connectivity index (χ0v) is 12.1. The molecule has 0 bridgehead atoms. The van der Waals surface area contributed by atoms with E-state index in [2.05, 4.69) is 5.32 Å². The van der Waals surface area contributed by atoms with Gasteiger partial charge in [-0.05, 0) is 32.0 Å². The van der Waals surface area contributed by atoms with Crippen molar-refractivity contribution < 1.29 is 9.72 Å². The number of thiophene rings is 1. The van der Waals surface area contributed by atoms with E-state index in [-0.39, 0.29) is 29.4 Å². The number of hydrogen-bond donors (Lipinski definition) is 1. The fourth-order valence-electron chi connectivity index (χ4n) is 2.07. The van der Waals surface area contributed by atoms with E-state index in [0.717, 1.165) is 37.3 Å². The summed E-state index contributed by atoms with van der Waals surface area (Å²) in [5, 5.41) is 13.8. The molecule has 0 unspecified atom stereocenters. The normalized spacial score (nSPS) is 15.6. The van der Waals surface area contributed by atoms with Crippen LogP contribution in [0, 0.1) is 10.1 Å². The molecule has 2 heterocycles. The van der Waals surface area contributed by atoms with Gasteiger partial charge in [0.25, 0.3) is 5.91 Å². The van der Waals surface area contributed by atoms with Gasteiger partial charge in [-0.1, -0.05) is 11.3 Å². The number of nitro groups is 1. The molecule has 2 rings (SSSR count). The molecule has 19 heavy (non-hydrogen) atoms. The number of piperidine rings is 1. The third-order valence-electron chi connectivity index (χ3n) is 3.16. The van der Waals surface area contributed by atoms with Crippen molar-refractivity contribution >= 4 is 34.7 Å². The van der Waals surface area contributed by atoms with Crippen molar-refractivity contribution in [3.05, 3.63) is 27.1 Å². The van der Waals surface area contributed by atoms with Gasteiger partial charge in [0.05, 0.1) is 9.80 Å². The summed E-state index contributed by atoms with van der Waals surface area (Å²) in [6, 6.07) is 3.14. The summed E-state index contributed by atoms with van der Waals surface area (Å²) in [4.78, 5) is 24.4. The van der Waals surface area contributed by atoms with Gasteiger partial charge in [-0.2, -0.15) is 0 Å². The highest BCUT2D eigenvalue weighted by atomic mass is 35.5. The van der Waals surface area contributed by atoms with Crippen molar-refractivity contribution in [2.24, 2.45) is 0 Å². The summed E-state index contributed by atoms with van der Waals surface area (Å²) < 4.78 is 0. The smallest absolute Gasteiger partial charge is 0.324 e. The van der Waals surface area contributed by atoms with Gasteiger partial charge in [0, 0.05) is 19.2 Å². The SMILES string of the molecule is CN(C(=O)c1ccc([N+](=O)[O-])s1)C1CCNCC1.Cl. The molecule has 0 atom stereocenters. The number of hydrogen-bond acceptors (Lipinski definition) is 5. The van der Waals surface area contributed by atoms with Gasteiger partial charge in [-0.15, -0.1) is 12.4 Å². The lowest BCUT2D eigenvalue weighted by molar-refractivity contribution is -0.380. The highest BCUT2D eigenvalue weighted by Gasteiger charge is 2.25. The van der Waals surface area contributed by atoms with Gasteiger partial charge in [0.15, 0.2) is 0 Å². The predicted octanol–water partition coefficient (Wildman–Crippen LogP) is 1.90. The highest BCUT2D eigenvalue weighted by molar-refractivity contribution is 7.17. The third kappa shape index (κ3) is 3.65. The van der Waals surface area contributed by atoms with Crippen molar-refractivity contribution in [3.63, 3.8) is 0 Å². The van der Waals surface area contributed by atoms with E-state index in [4.69, 9.17) is 0 Å². The van der Waals surface area contributed by atoms with Crippen LogP contribution >= 0.6 is 23.7 Å². The zero-order chi connectivity index (χ0) is 13.1. The third-order valence-corrected chi connectivity index (χ3v) is 4.18. The Bertz CT molecular complexity index is 460. The lowest BCUT2D eigenvalue weighted by Crippen LogP contribution is -2.43. The van der Waals surface area contributed by atoms with Crippen molar-refractivity contribution in [1.82, 2.24) is 10.2 Å². The van der Waals surface area contributed by atoms with Gasteiger partial charge in [0.1, 0.15) is 0 Å². The number of carbonyl (C=O) groups excluding carboxylic acids is 1. The quantitative estimate of drug-likeness (QED) is 0.683. The van der Waals surface area contributed by atoms with Crippen molar-refractivity contribution in [3.8, 4) is 0 Å². The van der Waals surface area contributed by atoms with Crippen LogP contribution in [-0.2, 0) is 0 Å². The van der Waals surface area contributed by atoms with Crippen LogP contribution in [0.4, 0.5) is 5.00 Å². The van der Waals surface area contributed by atoms with E-state index in [1.54, 1.807) is 11.9 Å². The Kier molecular flexibility index (Phi) is 5.71. The second-order valence-electron chi connectivity index (χ2n) is 4.29. The lowest BCUT2D eigenvalue weighted by atomic mass is 10.1. The van der Waals surface area contributed by atoms with E-state index >= 15 is 0 Å². The Morgan fingerprint density at radius 1 is 1.47 bits per heavy atom. The Morgan fingerprint density at radius 3 is 2.63 bits per heavy atom. The maximum atomic E-state index is 12.2. The first-order valence-electron chi connectivity index (χ1n) is 5.81. The second-order valence-corrected chi connectivity index (χ2v) is 5.35. The molecule has 1 fully saturated rings. The molecular weight excluding hydrogens is 290 g/mol. The fraction of sp³-hybridized carbons (Fsp3) is 0.545. The van der Waals surface area contributed by atoms with E-state index in [1.807, 2.05) is 0 Å². The number of carbonyl (C=O) groups is 1. The molecule has 0 saturated carbocycles. The maximum absolute atomic E-state index is 12.2. The van der Waals surface area contributed by atoms with Crippen LogP contribution in [0.25, 0.3) is 0 Å². The monoisotopic (exact) mass is 305 g/mol. The maximum Gasteiger partial charge on any atom is 0.324 e. The molecule has 1 aromatic heterocycles. The van der Waals surface area contributed by atoms with Crippen LogP contribution in [0.2, 0.25) is 0 Å². The summed E-state index contributed by atoms with van der Waals surface area (Å²) in [6.45, 7) is 1.82. The number of amides is 1. The van der Waals surface area contributed by atoms with Gasteiger partial charge < -0.3 is 10.2 Å². The average molecular weight is 306 g/mol. The van der Waals surface area contributed by atoms with Crippen molar-refractivity contribution in [2.75, 3.05) is 20.1 Å². The van der Waals surface area contributed by atoms with Gasteiger partial charge >= 0.3 is 5.00 Å². The Morgan fingerprint density at radius 2 is 2.11 bits per heavy atom. The number of nitrogens with one attached hydrogen (secondary N) is 1. The Hall–Kier alpha value is -1.18. The van der Waals surface area contributed by atoms with Crippen LogP contribution in [-0.4, -0.2) is 41.9 Å². The molecule has 6 nitrogen and oxygen atoms in total. The summed E-state index contributed by atoms with van der Waals surface area (Å²) in [5.74, 6) is -0.125.